The van der Waals surface area contributed by atoms with E-state index >= 15 is 0 Å². The van der Waals surface area contributed by atoms with Crippen molar-refractivity contribution in [1.82, 2.24) is 4.90 Å². The quantitative estimate of drug-likeness (QED) is 0.774. The first-order valence-corrected chi connectivity index (χ1v) is 6.79. The van der Waals surface area contributed by atoms with Crippen LogP contribution in [0.2, 0.25) is 5.02 Å². The van der Waals surface area contributed by atoms with Crippen LogP contribution in [0.1, 0.15) is 24.2 Å². The summed E-state index contributed by atoms with van der Waals surface area (Å²) in [6.45, 7) is 4.43. The van der Waals surface area contributed by atoms with Crippen LogP contribution in [-0.2, 0) is 0 Å². The number of amides is 1. The van der Waals surface area contributed by atoms with Gasteiger partial charge in [0.1, 0.15) is 5.82 Å². The third-order valence-electron chi connectivity index (χ3n) is 2.38. The van der Waals surface area contributed by atoms with Gasteiger partial charge in [0, 0.05) is 23.5 Å². The molecule has 0 aromatic heterocycles. The zero-order valence-electron chi connectivity index (χ0n) is 9.71. The topological polar surface area (TPSA) is 20.3 Å². The van der Waals surface area contributed by atoms with Crippen molar-refractivity contribution in [2.75, 3.05) is 11.9 Å². The molecule has 0 aliphatic carbocycles. The molecule has 0 radical (unpaired) electrons. The summed E-state index contributed by atoms with van der Waals surface area (Å²) < 4.78 is 13.3. The Kier molecular flexibility index (Phi) is 5.40. The molecule has 0 unspecified atom stereocenters. The van der Waals surface area contributed by atoms with Crippen molar-refractivity contribution in [3.8, 4) is 0 Å². The molecule has 0 spiro atoms. The summed E-state index contributed by atoms with van der Waals surface area (Å²) in [6.07, 6.45) is 0. The maximum absolute atomic E-state index is 13.3. The minimum atomic E-state index is -0.569. The molecule has 0 heterocycles. The summed E-state index contributed by atoms with van der Waals surface area (Å²) in [7, 11) is 0. The van der Waals surface area contributed by atoms with Gasteiger partial charge in [-0.15, -0.1) is 0 Å². The van der Waals surface area contributed by atoms with Gasteiger partial charge in [0.25, 0.3) is 5.91 Å². The molecular weight excluding hydrogens is 308 g/mol. The molecular formula is C12H14BrClFNO. The second kappa shape index (κ2) is 6.36. The van der Waals surface area contributed by atoms with E-state index in [1.165, 1.54) is 18.2 Å². The van der Waals surface area contributed by atoms with Gasteiger partial charge in [0.15, 0.2) is 0 Å². The SMILES string of the molecule is CC(C)N(CCBr)C(=O)c1ccc(Cl)c(F)c1. The smallest absolute Gasteiger partial charge is 0.254 e. The highest BCUT2D eigenvalue weighted by Gasteiger charge is 2.18. The molecule has 1 aromatic rings. The van der Waals surface area contributed by atoms with Gasteiger partial charge in [-0.25, -0.2) is 4.39 Å². The summed E-state index contributed by atoms with van der Waals surface area (Å²) in [5.74, 6) is -0.755. The van der Waals surface area contributed by atoms with E-state index in [9.17, 15) is 9.18 Å². The predicted octanol–water partition coefficient (Wildman–Crippen LogP) is 3.72. The van der Waals surface area contributed by atoms with Gasteiger partial charge in [-0.2, -0.15) is 0 Å². The molecule has 0 bridgehead atoms. The largest absolute Gasteiger partial charge is 0.335 e. The van der Waals surface area contributed by atoms with Crippen molar-refractivity contribution in [1.29, 1.82) is 0 Å². The van der Waals surface area contributed by atoms with Gasteiger partial charge < -0.3 is 4.90 Å². The minimum Gasteiger partial charge on any atom is -0.335 e. The Morgan fingerprint density at radius 2 is 2.18 bits per heavy atom. The molecule has 0 saturated heterocycles. The molecule has 0 aliphatic heterocycles. The number of carbonyl (C=O) groups excluding carboxylic acids is 1. The maximum atomic E-state index is 13.3. The normalized spacial score (nSPS) is 10.7. The van der Waals surface area contributed by atoms with Gasteiger partial charge in [-0.1, -0.05) is 27.5 Å². The van der Waals surface area contributed by atoms with Crippen molar-refractivity contribution in [2.45, 2.75) is 19.9 Å². The Bertz CT molecular complexity index is 411. The van der Waals surface area contributed by atoms with E-state index < -0.39 is 5.82 Å². The molecule has 2 nitrogen and oxygen atoms in total. The fourth-order valence-corrected chi connectivity index (χ4v) is 1.98. The number of alkyl halides is 1. The first-order valence-electron chi connectivity index (χ1n) is 5.29. The number of nitrogens with zero attached hydrogens (tertiary/aromatic N) is 1. The molecule has 1 amide bonds. The van der Waals surface area contributed by atoms with E-state index in [0.29, 0.717) is 17.4 Å². The third kappa shape index (κ3) is 3.68. The summed E-state index contributed by atoms with van der Waals surface area (Å²) in [6, 6.07) is 4.18. The van der Waals surface area contributed by atoms with Crippen LogP contribution < -0.4 is 0 Å². The average molecular weight is 323 g/mol. The zero-order chi connectivity index (χ0) is 13.0. The lowest BCUT2D eigenvalue weighted by Crippen LogP contribution is -2.38. The number of halogens is 3. The second-order valence-electron chi connectivity index (χ2n) is 3.91. The zero-order valence-corrected chi connectivity index (χ0v) is 12.1. The van der Waals surface area contributed by atoms with Crippen LogP contribution in [0.15, 0.2) is 18.2 Å². The second-order valence-corrected chi connectivity index (χ2v) is 5.11. The molecule has 5 heteroatoms. The van der Waals surface area contributed by atoms with E-state index in [1.807, 2.05) is 13.8 Å². The molecule has 0 atom stereocenters. The molecule has 1 aromatic carbocycles. The molecule has 0 N–H and O–H groups in total. The molecule has 0 saturated carbocycles. The van der Waals surface area contributed by atoms with Gasteiger partial charge in [-0.3, -0.25) is 4.79 Å². The highest BCUT2D eigenvalue weighted by Crippen LogP contribution is 2.17. The fourth-order valence-electron chi connectivity index (χ4n) is 1.48. The van der Waals surface area contributed by atoms with Crippen molar-refractivity contribution >= 4 is 33.4 Å². The van der Waals surface area contributed by atoms with E-state index in [-0.39, 0.29) is 17.0 Å². The standard InChI is InChI=1S/C12H14BrClFNO/c1-8(2)16(6-5-13)12(17)9-3-4-10(14)11(15)7-9/h3-4,7-8H,5-6H2,1-2H3. The Balaban J connectivity index is 2.97. The van der Waals surface area contributed by atoms with Gasteiger partial charge in [0.2, 0.25) is 0 Å². The van der Waals surface area contributed by atoms with Crippen molar-refractivity contribution < 1.29 is 9.18 Å². The lowest BCUT2D eigenvalue weighted by Gasteiger charge is -2.26. The van der Waals surface area contributed by atoms with E-state index in [2.05, 4.69) is 15.9 Å². The van der Waals surface area contributed by atoms with Crippen LogP contribution in [0, 0.1) is 5.82 Å². The lowest BCUT2D eigenvalue weighted by molar-refractivity contribution is 0.0719. The van der Waals surface area contributed by atoms with E-state index in [1.54, 1.807) is 4.90 Å². The van der Waals surface area contributed by atoms with Crippen LogP contribution in [0.25, 0.3) is 0 Å². The number of hydrogen-bond donors (Lipinski definition) is 0. The Hall–Kier alpha value is -0.610. The van der Waals surface area contributed by atoms with Crippen LogP contribution in [0.4, 0.5) is 4.39 Å². The number of benzene rings is 1. The Morgan fingerprint density at radius 1 is 1.53 bits per heavy atom. The van der Waals surface area contributed by atoms with E-state index in [0.717, 1.165) is 0 Å². The summed E-state index contributed by atoms with van der Waals surface area (Å²) >= 11 is 8.88. The minimum absolute atomic E-state index is 0.0261. The number of rotatable bonds is 4. The Morgan fingerprint density at radius 3 is 2.65 bits per heavy atom. The lowest BCUT2D eigenvalue weighted by atomic mass is 10.1. The highest BCUT2D eigenvalue weighted by molar-refractivity contribution is 9.09. The number of hydrogen-bond acceptors (Lipinski definition) is 1. The first-order chi connectivity index (χ1) is 7.97. The molecule has 94 valence electrons. The first kappa shape index (κ1) is 14.5. The van der Waals surface area contributed by atoms with Crippen LogP contribution in [0.5, 0.6) is 0 Å². The molecule has 17 heavy (non-hydrogen) atoms. The highest BCUT2D eigenvalue weighted by atomic mass is 79.9. The van der Waals surface area contributed by atoms with Gasteiger partial charge in [-0.05, 0) is 32.0 Å². The maximum Gasteiger partial charge on any atom is 0.254 e. The predicted molar refractivity (Wildman–Crippen MR) is 71.4 cm³/mol. The third-order valence-corrected chi connectivity index (χ3v) is 3.04. The van der Waals surface area contributed by atoms with Crippen molar-refractivity contribution in [2.24, 2.45) is 0 Å². The van der Waals surface area contributed by atoms with Crippen molar-refractivity contribution in [3.63, 3.8) is 0 Å². The summed E-state index contributed by atoms with van der Waals surface area (Å²) in [5, 5.41) is 0.714. The molecule has 1 rings (SSSR count). The van der Waals surface area contributed by atoms with Crippen LogP contribution in [-0.4, -0.2) is 28.7 Å². The number of carbonyl (C=O) groups is 1. The van der Waals surface area contributed by atoms with Crippen LogP contribution >= 0.6 is 27.5 Å². The van der Waals surface area contributed by atoms with Gasteiger partial charge >= 0.3 is 0 Å². The summed E-state index contributed by atoms with van der Waals surface area (Å²) in [4.78, 5) is 13.8. The van der Waals surface area contributed by atoms with Gasteiger partial charge in [0.05, 0.1) is 5.02 Å². The fraction of sp³-hybridized carbons (Fsp3) is 0.417. The average Bonchev–Trinajstić information content (AvgIpc) is 2.28. The molecule has 0 aliphatic rings. The molecule has 0 fully saturated rings. The van der Waals surface area contributed by atoms with Crippen molar-refractivity contribution in [3.05, 3.63) is 34.6 Å². The monoisotopic (exact) mass is 321 g/mol. The Labute approximate surface area is 114 Å². The summed E-state index contributed by atoms with van der Waals surface area (Å²) in [5.41, 5.74) is 0.321. The van der Waals surface area contributed by atoms with E-state index in [4.69, 9.17) is 11.6 Å². The van der Waals surface area contributed by atoms with Crippen LogP contribution in [0.3, 0.4) is 0 Å².